The van der Waals surface area contributed by atoms with Crippen LogP contribution in [0.2, 0.25) is 0 Å². The Kier molecular flexibility index (Phi) is 2.96. The van der Waals surface area contributed by atoms with Crippen LogP contribution < -0.4 is 5.32 Å². The number of benzene rings is 2. The van der Waals surface area contributed by atoms with Crippen LogP contribution in [0.4, 0.5) is 11.5 Å². The molecule has 120 valence electrons. The number of hydrogen-bond acceptors (Lipinski definition) is 5. The van der Waals surface area contributed by atoms with Crippen LogP contribution >= 0.6 is 0 Å². The molecule has 2 aromatic carbocycles. The molecule has 0 spiro atoms. The van der Waals surface area contributed by atoms with Crippen molar-refractivity contribution in [2.75, 3.05) is 5.32 Å². The van der Waals surface area contributed by atoms with E-state index in [2.05, 4.69) is 35.7 Å². The van der Waals surface area contributed by atoms with Crippen molar-refractivity contribution in [2.24, 2.45) is 0 Å². The third-order valence-electron chi connectivity index (χ3n) is 4.11. The van der Waals surface area contributed by atoms with Gasteiger partial charge in [-0.2, -0.15) is 10.2 Å². The number of nitrogens with zero attached hydrogens (tertiary/aromatic N) is 4. The summed E-state index contributed by atoms with van der Waals surface area (Å²) in [6, 6.07) is 16.0. The van der Waals surface area contributed by atoms with Crippen LogP contribution in [0.15, 0.2) is 61.1 Å². The molecule has 0 radical (unpaired) electrons. The van der Waals surface area contributed by atoms with Crippen LogP contribution in [0.25, 0.3) is 33.2 Å². The van der Waals surface area contributed by atoms with Gasteiger partial charge in [0, 0.05) is 16.6 Å². The quantitative estimate of drug-likeness (QED) is 0.470. The zero-order chi connectivity index (χ0) is 16.6. The van der Waals surface area contributed by atoms with Crippen LogP contribution in [-0.4, -0.2) is 30.4 Å². The summed E-state index contributed by atoms with van der Waals surface area (Å²) in [7, 11) is 0. The van der Waals surface area contributed by atoms with Crippen molar-refractivity contribution in [3.63, 3.8) is 0 Å². The van der Waals surface area contributed by atoms with Gasteiger partial charge >= 0.3 is 0 Å². The molecule has 0 amide bonds. The topological polar surface area (TPSA) is 95.2 Å². The molecule has 25 heavy (non-hydrogen) atoms. The minimum Gasteiger partial charge on any atom is -0.339 e. The van der Waals surface area contributed by atoms with Gasteiger partial charge in [-0.15, -0.1) is 0 Å². The zero-order valence-electron chi connectivity index (χ0n) is 13.1. The van der Waals surface area contributed by atoms with E-state index in [0.717, 1.165) is 33.2 Å². The molecule has 0 bridgehead atoms. The molecular formula is C18H13N7. The van der Waals surface area contributed by atoms with E-state index in [9.17, 15) is 0 Å². The smallest absolute Gasteiger partial charge is 0.161 e. The van der Waals surface area contributed by atoms with Crippen LogP contribution in [0.3, 0.4) is 0 Å². The Bertz CT molecular complexity index is 1170. The Morgan fingerprint density at radius 3 is 2.76 bits per heavy atom. The molecule has 0 fully saturated rings. The van der Waals surface area contributed by atoms with Crippen LogP contribution in [0.1, 0.15) is 0 Å². The van der Waals surface area contributed by atoms with Gasteiger partial charge in [0.2, 0.25) is 0 Å². The summed E-state index contributed by atoms with van der Waals surface area (Å²) in [5.41, 5.74) is 4.45. The maximum Gasteiger partial charge on any atom is 0.161 e. The highest BCUT2D eigenvalue weighted by atomic mass is 15.2. The number of hydrogen-bond donors (Lipinski definition) is 3. The molecule has 3 N–H and O–H groups in total. The highest BCUT2D eigenvalue weighted by Crippen LogP contribution is 2.31. The fourth-order valence-electron chi connectivity index (χ4n) is 2.92. The minimum atomic E-state index is 0.695. The monoisotopic (exact) mass is 327 g/mol. The first-order valence-electron chi connectivity index (χ1n) is 7.83. The van der Waals surface area contributed by atoms with Crippen molar-refractivity contribution in [1.82, 2.24) is 30.4 Å². The van der Waals surface area contributed by atoms with Crippen molar-refractivity contribution in [3.8, 4) is 11.3 Å². The SMILES string of the molecule is c1ccc(-c2n[nH]c3ncnc(Nc4ccc5[nH]ncc5c4)c23)cc1. The second-order valence-electron chi connectivity index (χ2n) is 5.68. The van der Waals surface area contributed by atoms with Gasteiger partial charge in [-0.25, -0.2) is 9.97 Å². The predicted octanol–water partition coefficient (Wildman–Crippen LogP) is 3.64. The summed E-state index contributed by atoms with van der Waals surface area (Å²) in [4.78, 5) is 8.71. The second-order valence-corrected chi connectivity index (χ2v) is 5.68. The molecule has 7 heteroatoms. The van der Waals surface area contributed by atoms with E-state index in [4.69, 9.17) is 0 Å². The Hall–Kier alpha value is -3.74. The summed E-state index contributed by atoms with van der Waals surface area (Å²) >= 11 is 0. The predicted molar refractivity (Wildman–Crippen MR) is 96.5 cm³/mol. The van der Waals surface area contributed by atoms with Crippen molar-refractivity contribution in [2.45, 2.75) is 0 Å². The number of aromatic nitrogens is 6. The van der Waals surface area contributed by atoms with E-state index in [1.165, 1.54) is 6.33 Å². The maximum absolute atomic E-state index is 4.43. The molecule has 0 aliphatic heterocycles. The summed E-state index contributed by atoms with van der Waals surface area (Å²) in [6.45, 7) is 0. The van der Waals surface area contributed by atoms with E-state index < -0.39 is 0 Å². The maximum atomic E-state index is 4.43. The van der Waals surface area contributed by atoms with E-state index in [1.54, 1.807) is 6.20 Å². The molecule has 5 rings (SSSR count). The number of H-pyrrole nitrogens is 2. The molecule has 3 heterocycles. The van der Waals surface area contributed by atoms with Crippen LogP contribution in [0.5, 0.6) is 0 Å². The lowest BCUT2D eigenvalue weighted by Crippen LogP contribution is -1.95. The van der Waals surface area contributed by atoms with Crippen molar-refractivity contribution < 1.29 is 0 Å². The standard InChI is InChI=1S/C18H13N7/c1-2-4-11(5-3-1)16-15-17(19-10-20-18(15)25-24-16)22-13-6-7-14-12(8-13)9-21-23-14/h1-10H,(H,21,23)(H2,19,20,22,24,25). The molecule has 0 saturated carbocycles. The van der Waals surface area contributed by atoms with Gasteiger partial charge < -0.3 is 5.32 Å². The number of rotatable bonds is 3. The molecule has 0 saturated heterocycles. The van der Waals surface area contributed by atoms with E-state index in [1.807, 2.05) is 48.5 Å². The Morgan fingerprint density at radius 2 is 1.84 bits per heavy atom. The largest absolute Gasteiger partial charge is 0.339 e. The molecule has 0 aliphatic rings. The number of fused-ring (bicyclic) bond motifs is 2. The first-order valence-corrected chi connectivity index (χ1v) is 7.83. The molecular weight excluding hydrogens is 314 g/mol. The molecule has 0 atom stereocenters. The normalized spacial score (nSPS) is 11.2. The third kappa shape index (κ3) is 2.29. The van der Waals surface area contributed by atoms with E-state index >= 15 is 0 Å². The highest BCUT2D eigenvalue weighted by Gasteiger charge is 2.14. The van der Waals surface area contributed by atoms with Gasteiger partial charge in [0.15, 0.2) is 5.65 Å². The van der Waals surface area contributed by atoms with Gasteiger partial charge in [-0.3, -0.25) is 10.2 Å². The van der Waals surface area contributed by atoms with Gasteiger partial charge in [-0.05, 0) is 18.2 Å². The summed E-state index contributed by atoms with van der Waals surface area (Å²) < 4.78 is 0. The van der Waals surface area contributed by atoms with Gasteiger partial charge in [0.25, 0.3) is 0 Å². The fraction of sp³-hybridized carbons (Fsp3) is 0. The molecule has 7 nitrogen and oxygen atoms in total. The Labute approximate surface area is 142 Å². The number of nitrogens with one attached hydrogen (secondary N) is 3. The lowest BCUT2D eigenvalue weighted by Gasteiger charge is -2.07. The van der Waals surface area contributed by atoms with Gasteiger partial charge in [0.05, 0.1) is 17.1 Å². The van der Waals surface area contributed by atoms with E-state index in [0.29, 0.717) is 11.5 Å². The van der Waals surface area contributed by atoms with Gasteiger partial charge in [0.1, 0.15) is 17.8 Å². The van der Waals surface area contributed by atoms with Crippen molar-refractivity contribution in [3.05, 3.63) is 61.1 Å². The van der Waals surface area contributed by atoms with E-state index in [-0.39, 0.29) is 0 Å². The summed E-state index contributed by atoms with van der Waals surface area (Å²) in [5.74, 6) is 0.709. The Balaban J connectivity index is 1.64. The number of aromatic amines is 2. The highest BCUT2D eigenvalue weighted by molar-refractivity contribution is 6.00. The minimum absolute atomic E-state index is 0.695. The zero-order valence-corrected chi connectivity index (χ0v) is 13.1. The molecule has 5 aromatic rings. The summed E-state index contributed by atoms with van der Waals surface area (Å²) in [5, 5.41) is 19.7. The summed E-state index contributed by atoms with van der Waals surface area (Å²) in [6.07, 6.45) is 3.32. The van der Waals surface area contributed by atoms with Gasteiger partial charge in [-0.1, -0.05) is 30.3 Å². The van der Waals surface area contributed by atoms with Crippen molar-refractivity contribution >= 4 is 33.4 Å². The number of anilines is 2. The Morgan fingerprint density at radius 1 is 0.920 bits per heavy atom. The lowest BCUT2D eigenvalue weighted by atomic mass is 10.1. The third-order valence-corrected chi connectivity index (χ3v) is 4.11. The van der Waals surface area contributed by atoms with Crippen LogP contribution in [0, 0.1) is 0 Å². The molecule has 3 aromatic heterocycles. The first kappa shape index (κ1) is 13.7. The molecule has 0 unspecified atom stereocenters. The average molecular weight is 327 g/mol. The fourth-order valence-corrected chi connectivity index (χ4v) is 2.92. The average Bonchev–Trinajstić information content (AvgIpc) is 3.29. The van der Waals surface area contributed by atoms with Crippen molar-refractivity contribution in [1.29, 1.82) is 0 Å². The van der Waals surface area contributed by atoms with Crippen LogP contribution in [-0.2, 0) is 0 Å². The lowest BCUT2D eigenvalue weighted by molar-refractivity contribution is 1.09. The molecule has 0 aliphatic carbocycles. The first-order chi connectivity index (χ1) is 12.4. The second kappa shape index (κ2) is 5.41.